The first-order valence-corrected chi connectivity index (χ1v) is 9.83. The van der Waals surface area contributed by atoms with Crippen LogP contribution in [0.4, 0.5) is 5.69 Å². The summed E-state index contributed by atoms with van der Waals surface area (Å²) in [6.45, 7) is 0. The Morgan fingerprint density at radius 1 is 1.32 bits per heavy atom. The zero-order chi connectivity index (χ0) is 17.4. The number of nitrogens with zero attached hydrogens (tertiary/aromatic N) is 2. The molecule has 1 N–H and O–H groups in total. The average Bonchev–Trinajstić information content (AvgIpc) is 2.99. The van der Waals surface area contributed by atoms with Crippen molar-refractivity contribution in [1.29, 1.82) is 0 Å². The smallest absolute Gasteiger partial charge is 0.269 e. The molecule has 1 aromatic carbocycles. The number of thiophene rings is 1. The van der Waals surface area contributed by atoms with E-state index in [0.717, 1.165) is 35.0 Å². The lowest BCUT2D eigenvalue weighted by Crippen LogP contribution is -2.10. The van der Waals surface area contributed by atoms with Crippen molar-refractivity contribution in [3.63, 3.8) is 0 Å². The molecule has 3 aromatic rings. The summed E-state index contributed by atoms with van der Waals surface area (Å²) in [7, 11) is 0. The van der Waals surface area contributed by atoms with Crippen LogP contribution in [-0.4, -0.2) is 14.9 Å². The SMILES string of the molecule is O=c1[nH]c(SCc2cccc([N+](=O)[O-])c2)nc2sc3c(c12)CCCC3. The second-order valence-electron chi connectivity index (χ2n) is 5.98. The third-order valence-corrected chi connectivity index (χ3v) is 6.43. The number of nitrogens with one attached hydrogen (secondary N) is 1. The molecule has 128 valence electrons. The van der Waals surface area contributed by atoms with E-state index in [4.69, 9.17) is 0 Å². The van der Waals surface area contributed by atoms with Crippen LogP contribution < -0.4 is 5.56 Å². The van der Waals surface area contributed by atoms with Gasteiger partial charge in [-0.15, -0.1) is 11.3 Å². The molecule has 0 aliphatic heterocycles. The topological polar surface area (TPSA) is 88.9 Å². The maximum absolute atomic E-state index is 12.5. The quantitative estimate of drug-likeness (QED) is 0.322. The number of aryl methyl sites for hydroxylation is 2. The van der Waals surface area contributed by atoms with Gasteiger partial charge in [0.05, 0.1) is 10.3 Å². The first-order chi connectivity index (χ1) is 12.1. The Morgan fingerprint density at radius 3 is 3.00 bits per heavy atom. The van der Waals surface area contributed by atoms with E-state index in [-0.39, 0.29) is 11.2 Å². The number of hydrogen-bond donors (Lipinski definition) is 1. The highest BCUT2D eigenvalue weighted by Crippen LogP contribution is 2.34. The minimum absolute atomic E-state index is 0.0703. The molecule has 0 bridgehead atoms. The van der Waals surface area contributed by atoms with Crippen LogP contribution in [0.2, 0.25) is 0 Å². The van der Waals surface area contributed by atoms with E-state index in [1.54, 1.807) is 23.5 Å². The monoisotopic (exact) mass is 373 g/mol. The molecule has 0 amide bonds. The molecule has 4 rings (SSSR count). The highest BCUT2D eigenvalue weighted by Gasteiger charge is 2.19. The maximum Gasteiger partial charge on any atom is 0.269 e. The molecule has 2 aromatic heterocycles. The molecule has 0 radical (unpaired) electrons. The summed E-state index contributed by atoms with van der Waals surface area (Å²) >= 11 is 3.01. The summed E-state index contributed by atoms with van der Waals surface area (Å²) in [6, 6.07) is 6.52. The van der Waals surface area contributed by atoms with Crippen molar-refractivity contribution in [3.8, 4) is 0 Å². The number of nitro benzene ring substituents is 1. The molecule has 6 nitrogen and oxygen atoms in total. The van der Waals surface area contributed by atoms with Gasteiger partial charge in [0, 0.05) is 22.8 Å². The number of rotatable bonds is 4. The maximum atomic E-state index is 12.5. The Kier molecular flexibility index (Phi) is 4.30. The number of fused-ring (bicyclic) bond motifs is 3. The molecule has 0 saturated heterocycles. The van der Waals surface area contributed by atoms with Crippen molar-refractivity contribution in [2.24, 2.45) is 0 Å². The fourth-order valence-corrected chi connectivity index (χ4v) is 5.25. The van der Waals surface area contributed by atoms with E-state index in [2.05, 4.69) is 9.97 Å². The molecular weight excluding hydrogens is 358 g/mol. The van der Waals surface area contributed by atoms with Crippen molar-refractivity contribution < 1.29 is 4.92 Å². The number of thioether (sulfide) groups is 1. The second kappa shape index (κ2) is 6.61. The number of nitro groups is 1. The minimum Gasteiger partial charge on any atom is -0.301 e. The molecule has 0 unspecified atom stereocenters. The van der Waals surface area contributed by atoms with Gasteiger partial charge in [-0.2, -0.15) is 0 Å². The molecule has 0 fully saturated rings. The van der Waals surface area contributed by atoms with Crippen LogP contribution in [0, 0.1) is 10.1 Å². The molecular formula is C17H15N3O3S2. The van der Waals surface area contributed by atoms with Gasteiger partial charge >= 0.3 is 0 Å². The predicted molar refractivity (Wildman–Crippen MR) is 99.5 cm³/mol. The normalized spacial score (nSPS) is 13.8. The summed E-state index contributed by atoms with van der Waals surface area (Å²) in [5.74, 6) is 0.515. The van der Waals surface area contributed by atoms with Crippen LogP contribution in [0.25, 0.3) is 10.2 Å². The lowest BCUT2D eigenvalue weighted by Gasteiger charge is -2.09. The zero-order valence-corrected chi connectivity index (χ0v) is 14.9. The summed E-state index contributed by atoms with van der Waals surface area (Å²) in [4.78, 5) is 32.5. The molecule has 0 atom stereocenters. The number of non-ortho nitro benzene ring substituents is 1. The Hall–Kier alpha value is -2.19. The van der Waals surface area contributed by atoms with E-state index in [9.17, 15) is 14.9 Å². The van der Waals surface area contributed by atoms with Crippen LogP contribution in [0.1, 0.15) is 28.8 Å². The van der Waals surface area contributed by atoms with E-state index in [1.165, 1.54) is 34.7 Å². The standard InChI is InChI=1S/C17H15N3O3S2/c21-15-14-12-6-1-2-7-13(12)25-16(14)19-17(18-15)24-9-10-4-3-5-11(8-10)20(22)23/h3-5,8H,1-2,6-7,9H2,(H,18,19,21). The largest absolute Gasteiger partial charge is 0.301 e. The summed E-state index contributed by atoms with van der Waals surface area (Å²) in [5, 5.41) is 12.2. The second-order valence-corrected chi connectivity index (χ2v) is 8.03. The minimum atomic E-state index is -0.406. The summed E-state index contributed by atoms with van der Waals surface area (Å²) < 4.78 is 0. The van der Waals surface area contributed by atoms with Gasteiger partial charge in [-0.1, -0.05) is 23.9 Å². The van der Waals surface area contributed by atoms with Gasteiger partial charge in [0.1, 0.15) is 4.83 Å². The lowest BCUT2D eigenvalue weighted by atomic mass is 9.97. The van der Waals surface area contributed by atoms with Crippen LogP contribution in [0.5, 0.6) is 0 Å². The van der Waals surface area contributed by atoms with Crippen molar-refractivity contribution in [1.82, 2.24) is 9.97 Å². The van der Waals surface area contributed by atoms with E-state index in [0.29, 0.717) is 10.9 Å². The molecule has 25 heavy (non-hydrogen) atoms. The van der Waals surface area contributed by atoms with Crippen molar-refractivity contribution in [2.75, 3.05) is 0 Å². The number of benzene rings is 1. The molecule has 8 heteroatoms. The fourth-order valence-electron chi connectivity index (χ4n) is 3.12. The Balaban J connectivity index is 1.61. The van der Waals surface area contributed by atoms with Gasteiger partial charge in [-0.3, -0.25) is 14.9 Å². The average molecular weight is 373 g/mol. The van der Waals surface area contributed by atoms with Crippen molar-refractivity contribution in [3.05, 3.63) is 60.7 Å². The fraction of sp³-hybridized carbons (Fsp3) is 0.294. The van der Waals surface area contributed by atoms with E-state index >= 15 is 0 Å². The Bertz CT molecular complexity index is 1030. The highest BCUT2D eigenvalue weighted by molar-refractivity contribution is 7.98. The molecule has 1 aliphatic carbocycles. The zero-order valence-electron chi connectivity index (χ0n) is 13.3. The van der Waals surface area contributed by atoms with Crippen LogP contribution >= 0.6 is 23.1 Å². The third-order valence-electron chi connectivity index (χ3n) is 4.30. The Morgan fingerprint density at radius 2 is 2.16 bits per heavy atom. The lowest BCUT2D eigenvalue weighted by molar-refractivity contribution is -0.384. The summed E-state index contributed by atoms with van der Waals surface area (Å²) in [5.41, 5.74) is 1.99. The van der Waals surface area contributed by atoms with E-state index in [1.807, 2.05) is 6.07 Å². The predicted octanol–water partition coefficient (Wildman–Crippen LogP) is 4.06. The third kappa shape index (κ3) is 3.19. The number of aromatic amines is 1. The molecule has 0 saturated carbocycles. The van der Waals surface area contributed by atoms with Gasteiger partial charge in [-0.05, 0) is 36.8 Å². The van der Waals surface area contributed by atoms with Gasteiger partial charge < -0.3 is 4.98 Å². The van der Waals surface area contributed by atoms with Crippen LogP contribution in [0.3, 0.4) is 0 Å². The van der Waals surface area contributed by atoms with Crippen LogP contribution in [0.15, 0.2) is 34.2 Å². The number of aromatic nitrogens is 2. The molecule has 2 heterocycles. The van der Waals surface area contributed by atoms with Gasteiger partial charge in [-0.25, -0.2) is 4.98 Å². The van der Waals surface area contributed by atoms with E-state index < -0.39 is 4.92 Å². The first kappa shape index (κ1) is 16.3. The van der Waals surface area contributed by atoms with Gasteiger partial charge in [0.2, 0.25) is 0 Å². The number of hydrogen-bond acceptors (Lipinski definition) is 6. The highest BCUT2D eigenvalue weighted by atomic mass is 32.2. The number of H-pyrrole nitrogens is 1. The van der Waals surface area contributed by atoms with Gasteiger partial charge in [0.25, 0.3) is 11.2 Å². The Labute approximate surface area is 151 Å². The molecule has 1 aliphatic rings. The van der Waals surface area contributed by atoms with Gasteiger partial charge in [0.15, 0.2) is 5.16 Å². The van der Waals surface area contributed by atoms with Crippen LogP contribution in [-0.2, 0) is 18.6 Å². The summed E-state index contributed by atoms with van der Waals surface area (Å²) in [6.07, 6.45) is 4.29. The van der Waals surface area contributed by atoms with Crippen molar-refractivity contribution in [2.45, 2.75) is 36.6 Å². The first-order valence-electron chi connectivity index (χ1n) is 8.02. The molecule has 0 spiro atoms. The van der Waals surface area contributed by atoms with Crippen molar-refractivity contribution >= 4 is 39.0 Å².